The van der Waals surface area contributed by atoms with E-state index in [-0.39, 0.29) is 17.5 Å². The van der Waals surface area contributed by atoms with Crippen LogP contribution in [0.25, 0.3) is 0 Å². The average molecular weight is 453 g/mol. The maximum Gasteiger partial charge on any atom is 0.305 e. The highest BCUT2D eigenvalue weighted by atomic mass is 16.5. The molecule has 0 aromatic heterocycles. The molecule has 2 N–H and O–H groups in total. The van der Waals surface area contributed by atoms with Crippen LogP contribution in [0.5, 0.6) is 11.5 Å². The zero-order valence-electron chi connectivity index (χ0n) is 20.3. The largest absolute Gasteiger partial charge is 0.508 e. The van der Waals surface area contributed by atoms with Crippen molar-refractivity contribution in [2.24, 2.45) is 0 Å². The van der Waals surface area contributed by atoms with Gasteiger partial charge < -0.3 is 14.9 Å². The summed E-state index contributed by atoms with van der Waals surface area (Å²) in [5.74, 6) is 0.215. The standard InChI is InChI=1S/C29H40O4/c1-3-4-5-6-7-8-9-10-11-12-23-33-28(32)21-22-29(2,24-13-17-26(30)18-14-24)25-15-19-27(31)20-16-25/h9-10,13-20,30-31H,3-8,11-12,21-23H2,1-2H3/b10-9+. The van der Waals surface area contributed by atoms with Gasteiger partial charge in [-0.3, -0.25) is 4.79 Å². The fourth-order valence-corrected chi connectivity index (χ4v) is 4.03. The summed E-state index contributed by atoms with van der Waals surface area (Å²) in [6, 6.07) is 14.1. The minimum absolute atomic E-state index is 0.196. The summed E-state index contributed by atoms with van der Waals surface area (Å²) in [6.07, 6.45) is 14.7. The van der Waals surface area contributed by atoms with E-state index < -0.39 is 5.41 Å². The molecule has 0 atom stereocenters. The van der Waals surface area contributed by atoms with Crippen LogP contribution in [0.1, 0.15) is 89.2 Å². The molecule has 33 heavy (non-hydrogen) atoms. The van der Waals surface area contributed by atoms with Crippen molar-refractivity contribution in [2.75, 3.05) is 6.61 Å². The van der Waals surface area contributed by atoms with Crippen molar-refractivity contribution in [3.05, 3.63) is 71.8 Å². The first kappa shape index (κ1) is 26.5. The van der Waals surface area contributed by atoms with Crippen LogP contribution in [-0.2, 0) is 14.9 Å². The molecule has 0 aliphatic heterocycles. The Kier molecular flexibility index (Phi) is 11.6. The molecule has 0 amide bonds. The Labute approximate surface area is 199 Å². The third kappa shape index (κ3) is 9.33. The maximum atomic E-state index is 12.4. The van der Waals surface area contributed by atoms with Gasteiger partial charge in [-0.2, -0.15) is 0 Å². The fraction of sp³-hybridized carbons (Fsp3) is 0.483. The highest BCUT2D eigenvalue weighted by molar-refractivity contribution is 5.69. The molecule has 0 saturated heterocycles. The lowest BCUT2D eigenvalue weighted by Gasteiger charge is -2.31. The van der Waals surface area contributed by atoms with E-state index in [2.05, 4.69) is 26.0 Å². The Bertz CT molecular complexity index is 791. The zero-order chi connectivity index (χ0) is 23.9. The van der Waals surface area contributed by atoms with Crippen molar-refractivity contribution in [1.82, 2.24) is 0 Å². The predicted molar refractivity (Wildman–Crippen MR) is 135 cm³/mol. The lowest BCUT2D eigenvalue weighted by molar-refractivity contribution is -0.144. The molecule has 0 unspecified atom stereocenters. The van der Waals surface area contributed by atoms with Gasteiger partial charge in [-0.05, 0) is 67.5 Å². The molecule has 180 valence electrons. The Morgan fingerprint density at radius 3 is 1.88 bits per heavy atom. The Balaban J connectivity index is 1.79. The van der Waals surface area contributed by atoms with Gasteiger partial charge in [0.2, 0.25) is 0 Å². The van der Waals surface area contributed by atoms with Crippen molar-refractivity contribution >= 4 is 5.97 Å². The highest BCUT2D eigenvalue weighted by Crippen LogP contribution is 2.37. The quantitative estimate of drug-likeness (QED) is 0.168. The number of ether oxygens (including phenoxy) is 1. The number of benzene rings is 2. The summed E-state index contributed by atoms with van der Waals surface area (Å²) in [6.45, 7) is 4.75. The van der Waals surface area contributed by atoms with Gasteiger partial charge in [0.15, 0.2) is 0 Å². The predicted octanol–water partition coefficient (Wildman–Crippen LogP) is 7.42. The van der Waals surface area contributed by atoms with E-state index in [9.17, 15) is 15.0 Å². The number of carbonyl (C=O) groups excluding carboxylic acids is 1. The van der Waals surface area contributed by atoms with Crippen molar-refractivity contribution in [2.45, 2.75) is 83.5 Å². The third-order valence-corrected chi connectivity index (χ3v) is 6.26. The highest BCUT2D eigenvalue weighted by Gasteiger charge is 2.30. The van der Waals surface area contributed by atoms with Crippen molar-refractivity contribution < 1.29 is 19.7 Å². The summed E-state index contributed by atoms with van der Waals surface area (Å²) in [4.78, 5) is 12.4. The molecule has 4 heteroatoms. The number of esters is 1. The van der Waals surface area contributed by atoms with Crippen LogP contribution in [0.4, 0.5) is 0 Å². The molecule has 4 nitrogen and oxygen atoms in total. The van der Waals surface area contributed by atoms with Gasteiger partial charge in [-0.25, -0.2) is 0 Å². The summed E-state index contributed by atoms with van der Waals surface area (Å²) in [7, 11) is 0. The number of rotatable bonds is 15. The van der Waals surface area contributed by atoms with Gasteiger partial charge in [0.1, 0.15) is 11.5 Å². The van der Waals surface area contributed by atoms with E-state index in [1.54, 1.807) is 24.3 Å². The minimum Gasteiger partial charge on any atom is -0.508 e. The lowest BCUT2D eigenvalue weighted by Crippen LogP contribution is -2.25. The number of phenols is 2. The summed E-state index contributed by atoms with van der Waals surface area (Å²) in [5, 5.41) is 19.3. The molecule has 0 radical (unpaired) electrons. The van der Waals surface area contributed by atoms with Gasteiger partial charge in [0.25, 0.3) is 0 Å². The van der Waals surface area contributed by atoms with Crippen molar-refractivity contribution in [3.63, 3.8) is 0 Å². The van der Waals surface area contributed by atoms with Crippen LogP contribution in [-0.4, -0.2) is 22.8 Å². The number of phenolic OH excluding ortho intramolecular Hbond substituents is 2. The molecule has 0 fully saturated rings. The van der Waals surface area contributed by atoms with Gasteiger partial charge in [-0.15, -0.1) is 0 Å². The third-order valence-electron chi connectivity index (χ3n) is 6.26. The average Bonchev–Trinajstić information content (AvgIpc) is 2.82. The second-order valence-corrected chi connectivity index (χ2v) is 8.96. The summed E-state index contributed by atoms with van der Waals surface area (Å²) >= 11 is 0. The number of hydrogen-bond acceptors (Lipinski definition) is 4. The monoisotopic (exact) mass is 452 g/mol. The maximum absolute atomic E-state index is 12.4. The molecule has 2 aromatic carbocycles. The van der Waals surface area contributed by atoms with Crippen LogP contribution in [0, 0.1) is 0 Å². The van der Waals surface area contributed by atoms with Gasteiger partial charge in [0.05, 0.1) is 6.61 Å². The molecule has 0 aliphatic carbocycles. The number of hydrogen-bond donors (Lipinski definition) is 2. The molecular weight excluding hydrogens is 412 g/mol. The Morgan fingerprint density at radius 2 is 1.33 bits per heavy atom. The van der Waals surface area contributed by atoms with Gasteiger partial charge in [0, 0.05) is 11.8 Å². The second kappa shape index (κ2) is 14.4. The molecule has 2 rings (SSSR count). The number of carbonyl (C=O) groups is 1. The number of allylic oxidation sites excluding steroid dienone is 2. The van der Waals surface area contributed by atoms with Gasteiger partial charge in [-0.1, -0.05) is 75.9 Å². The van der Waals surface area contributed by atoms with E-state index in [0.717, 1.165) is 30.4 Å². The Morgan fingerprint density at radius 1 is 0.818 bits per heavy atom. The molecule has 0 heterocycles. The normalized spacial score (nSPS) is 11.7. The van der Waals surface area contributed by atoms with E-state index in [1.807, 2.05) is 24.3 Å². The van der Waals surface area contributed by atoms with Crippen LogP contribution >= 0.6 is 0 Å². The minimum atomic E-state index is -0.444. The van der Waals surface area contributed by atoms with Crippen molar-refractivity contribution in [1.29, 1.82) is 0 Å². The topological polar surface area (TPSA) is 66.8 Å². The van der Waals surface area contributed by atoms with Crippen LogP contribution in [0.3, 0.4) is 0 Å². The van der Waals surface area contributed by atoms with E-state index >= 15 is 0 Å². The molecular formula is C29H40O4. The smallest absolute Gasteiger partial charge is 0.305 e. The molecule has 0 bridgehead atoms. The first-order valence-corrected chi connectivity index (χ1v) is 12.4. The molecule has 2 aromatic rings. The van der Waals surface area contributed by atoms with Crippen LogP contribution in [0.15, 0.2) is 60.7 Å². The molecule has 0 saturated carbocycles. The molecule has 0 spiro atoms. The Hall–Kier alpha value is -2.75. The van der Waals surface area contributed by atoms with Crippen molar-refractivity contribution in [3.8, 4) is 11.5 Å². The first-order chi connectivity index (χ1) is 16.0. The van der Waals surface area contributed by atoms with E-state index in [4.69, 9.17) is 4.74 Å². The number of unbranched alkanes of at least 4 members (excludes halogenated alkanes) is 6. The summed E-state index contributed by atoms with van der Waals surface area (Å²) < 4.78 is 5.47. The number of aromatic hydroxyl groups is 2. The SMILES string of the molecule is CCCCCCC/C=C/CCCOC(=O)CCC(C)(c1ccc(O)cc1)c1ccc(O)cc1. The first-order valence-electron chi connectivity index (χ1n) is 12.4. The van der Waals surface area contributed by atoms with Gasteiger partial charge >= 0.3 is 5.97 Å². The fourth-order valence-electron chi connectivity index (χ4n) is 4.03. The van der Waals surface area contributed by atoms with Crippen LogP contribution < -0.4 is 0 Å². The summed E-state index contributed by atoms with van der Waals surface area (Å²) in [5.41, 5.74) is 1.55. The second-order valence-electron chi connectivity index (χ2n) is 8.96. The zero-order valence-corrected chi connectivity index (χ0v) is 20.3. The van der Waals surface area contributed by atoms with E-state index in [1.165, 1.54) is 32.1 Å². The van der Waals surface area contributed by atoms with E-state index in [0.29, 0.717) is 19.4 Å². The lowest BCUT2D eigenvalue weighted by atomic mass is 9.73. The molecule has 0 aliphatic rings. The van der Waals surface area contributed by atoms with Crippen LogP contribution in [0.2, 0.25) is 0 Å².